The summed E-state index contributed by atoms with van der Waals surface area (Å²) in [6.45, 7) is 4.20. The molecule has 29 heavy (non-hydrogen) atoms. The lowest BCUT2D eigenvalue weighted by atomic mass is 10.1. The molecule has 2 N–H and O–H groups in total. The van der Waals surface area contributed by atoms with Gasteiger partial charge in [-0.05, 0) is 44.4 Å². The largest absolute Gasteiger partial charge is 0.489 e. The van der Waals surface area contributed by atoms with Crippen LogP contribution in [-0.4, -0.2) is 55.6 Å². The molecule has 2 fully saturated rings. The van der Waals surface area contributed by atoms with Crippen molar-refractivity contribution in [3.63, 3.8) is 0 Å². The molecule has 2 aliphatic rings. The van der Waals surface area contributed by atoms with E-state index in [1.54, 1.807) is 13.1 Å². The number of nitrogens with zero attached hydrogens (tertiary/aromatic N) is 2. The molecule has 1 saturated heterocycles. The minimum atomic E-state index is -0.0407. The van der Waals surface area contributed by atoms with E-state index in [0.29, 0.717) is 17.5 Å². The van der Waals surface area contributed by atoms with Crippen molar-refractivity contribution in [1.29, 1.82) is 0 Å². The van der Waals surface area contributed by atoms with Crippen molar-refractivity contribution in [2.24, 2.45) is 10.9 Å². The Kier molecular flexibility index (Phi) is 9.82. The summed E-state index contributed by atoms with van der Waals surface area (Å²) in [5.74, 6) is 2.08. The maximum atomic E-state index is 12.6. The van der Waals surface area contributed by atoms with Gasteiger partial charge in [-0.2, -0.15) is 0 Å². The van der Waals surface area contributed by atoms with Gasteiger partial charge in [-0.3, -0.25) is 9.79 Å². The van der Waals surface area contributed by atoms with Crippen LogP contribution < -0.4 is 15.4 Å². The standard InChI is InChI=1S/C21H31ClN4O2.HI/c1-15(28-19-9-5-8-17(22)12-19)13-24-21(23-2)25-18-10-11-26(14-18)20(27)16-6-3-4-7-16;/h5,8-9,12,15-16,18H,3-4,6-7,10-11,13-14H2,1-2H3,(H2,23,24,25);1H. The summed E-state index contributed by atoms with van der Waals surface area (Å²) >= 11 is 6.00. The van der Waals surface area contributed by atoms with Crippen LogP contribution in [0.15, 0.2) is 29.3 Å². The summed E-state index contributed by atoms with van der Waals surface area (Å²) in [5, 5.41) is 7.41. The lowest BCUT2D eigenvalue weighted by Gasteiger charge is -2.22. The number of rotatable bonds is 6. The summed E-state index contributed by atoms with van der Waals surface area (Å²) in [4.78, 5) is 18.9. The van der Waals surface area contributed by atoms with Gasteiger partial charge in [0.25, 0.3) is 0 Å². The van der Waals surface area contributed by atoms with Crippen molar-refractivity contribution in [2.45, 2.75) is 51.2 Å². The van der Waals surface area contributed by atoms with Crippen molar-refractivity contribution in [3.8, 4) is 5.75 Å². The molecule has 1 saturated carbocycles. The van der Waals surface area contributed by atoms with Gasteiger partial charge in [0.05, 0.1) is 6.54 Å². The second kappa shape index (κ2) is 11.8. The first-order chi connectivity index (χ1) is 13.5. The van der Waals surface area contributed by atoms with Crippen LogP contribution in [0.2, 0.25) is 5.02 Å². The van der Waals surface area contributed by atoms with E-state index < -0.39 is 0 Å². The molecule has 8 heteroatoms. The number of ether oxygens (including phenoxy) is 1. The molecule has 1 aromatic carbocycles. The van der Waals surface area contributed by atoms with Gasteiger partial charge >= 0.3 is 0 Å². The van der Waals surface area contributed by atoms with Gasteiger partial charge in [-0.15, -0.1) is 24.0 Å². The lowest BCUT2D eigenvalue weighted by Crippen LogP contribution is -2.47. The molecule has 3 rings (SSSR count). The van der Waals surface area contributed by atoms with Crippen LogP contribution in [0.25, 0.3) is 0 Å². The summed E-state index contributed by atoms with van der Waals surface area (Å²) < 4.78 is 5.88. The van der Waals surface area contributed by atoms with Crippen LogP contribution in [-0.2, 0) is 4.79 Å². The number of nitrogens with one attached hydrogen (secondary N) is 2. The van der Waals surface area contributed by atoms with Crippen molar-refractivity contribution in [1.82, 2.24) is 15.5 Å². The minimum absolute atomic E-state index is 0. The first kappa shape index (κ1) is 24.1. The Labute approximate surface area is 195 Å². The zero-order valence-corrected chi connectivity index (χ0v) is 20.3. The first-order valence-corrected chi connectivity index (χ1v) is 10.6. The smallest absolute Gasteiger partial charge is 0.225 e. The fraction of sp³-hybridized carbons (Fsp3) is 0.619. The van der Waals surface area contributed by atoms with Crippen LogP contribution in [0.3, 0.4) is 0 Å². The first-order valence-electron chi connectivity index (χ1n) is 10.2. The molecule has 2 atom stereocenters. The van der Waals surface area contributed by atoms with Gasteiger partial charge in [0.15, 0.2) is 5.96 Å². The second-order valence-corrected chi connectivity index (χ2v) is 8.17. The highest BCUT2D eigenvalue weighted by atomic mass is 127. The maximum Gasteiger partial charge on any atom is 0.225 e. The second-order valence-electron chi connectivity index (χ2n) is 7.73. The maximum absolute atomic E-state index is 12.6. The number of carbonyl (C=O) groups excluding carboxylic acids is 1. The number of amides is 1. The highest BCUT2D eigenvalue weighted by molar-refractivity contribution is 14.0. The Hall–Kier alpha value is -1.22. The molecule has 0 bridgehead atoms. The van der Waals surface area contributed by atoms with Crippen molar-refractivity contribution in [2.75, 3.05) is 26.7 Å². The highest BCUT2D eigenvalue weighted by Crippen LogP contribution is 2.27. The van der Waals surface area contributed by atoms with E-state index in [2.05, 4.69) is 15.6 Å². The molecule has 162 valence electrons. The van der Waals surface area contributed by atoms with Crippen LogP contribution in [0, 0.1) is 5.92 Å². The van der Waals surface area contributed by atoms with Gasteiger partial charge in [0, 0.05) is 37.1 Å². The van der Waals surface area contributed by atoms with Gasteiger partial charge in [-0.25, -0.2) is 0 Å². The van der Waals surface area contributed by atoms with Crippen LogP contribution in [0.5, 0.6) is 5.75 Å². The third-order valence-electron chi connectivity index (χ3n) is 5.46. The molecule has 0 radical (unpaired) electrons. The van der Waals surface area contributed by atoms with E-state index in [4.69, 9.17) is 16.3 Å². The van der Waals surface area contributed by atoms with Crippen LogP contribution >= 0.6 is 35.6 Å². The van der Waals surface area contributed by atoms with E-state index >= 15 is 0 Å². The summed E-state index contributed by atoms with van der Waals surface area (Å²) in [6, 6.07) is 7.63. The molecule has 2 unspecified atom stereocenters. The quantitative estimate of drug-likeness (QED) is 0.332. The number of halogens is 2. The van der Waals surface area contributed by atoms with Crippen LogP contribution in [0.1, 0.15) is 39.0 Å². The predicted octanol–water partition coefficient (Wildman–Crippen LogP) is 3.68. The molecular weight excluding hydrogens is 503 g/mol. The number of hydrogen-bond donors (Lipinski definition) is 2. The number of likely N-dealkylation sites (tertiary alicyclic amines) is 1. The van der Waals surface area contributed by atoms with E-state index in [-0.39, 0.29) is 42.0 Å². The Morgan fingerprint density at radius 3 is 2.79 bits per heavy atom. The fourth-order valence-corrected chi connectivity index (χ4v) is 4.13. The monoisotopic (exact) mass is 534 g/mol. The number of hydrogen-bond acceptors (Lipinski definition) is 3. The topological polar surface area (TPSA) is 66.0 Å². The number of benzene rings is 1. The average molecular weight is 535 g/mol. The summed E-state index contributed by atoms with van der Waals surface area (Å²) in [7, 11) is 1.76. The van der Waals surface area contributed by atoms with Crippen molar-refractivity contribution in [3.05, 3.63) is 29.3 Å². The Morgan fingerprint density at radius 2 is 2.10 bits per heavy atom. The van der Waals surface area contributed by atoms with Crippen molar-refractivity contribution >= 4 is 47.4 Å². The lowest BCUT2D eigenvalue weighted by molar-refractivity contribution is -0.134. The number of carbonyl (C=O) groups is 1. The Morgan fingerprint density at radius 1 is 1.34 bits per heavy atom. The third kappa shape index (κ3) is 7.20. The summed E-state index contributed by atoms with van der Waals surface area (Å²) in [6.07, 6.45) is 5.41. The predicted molar refractivity (Wildman–Crippen MR) is 128 cm³/mol. The SMILES string of the molecule is CN=C(NCC(C)Oc1cccc(Cl)c1)NC1CCN(C(=O)C2CCCC2)C1.I. The molecule has 1 heterocycles. The van der Waals surface area contributed by atoms with Gasteiger partial charge in [-0.1, -0.05) is 30.5 Å². The number of guanidine groups is 1. The third-order valence-corrected chi connectivity index (χ3v) is 5.69. The van der Waals surface area contributed by atoms with Crippen LogP contribution in [0.4, 0.5) is 0 Å². The van der Waals surface area contributed by atoms with E-state index in [1.165, 1.54) is 12.8 Å². The zero-order valence-electron chi connectivity index (χ0n) is 17.2. The Balaban J connectivity index is 0.00000300. The molecule has 6 nitrogen and oxygen atoms in total. The molecular formula is C21H32ClIN4O2. The highest BCUT2D eigenvalue weighted by Gasteiger charge is 2.32. The minimum Gasteiger partial charge on any atom is -0.489 e. The average Bonchev–Trinajstić information content (AvgIpc) is 3.36. The summed E-state index contributed by atoms with van der Waals surface area (Å²) in [5.41, 5.74) is 0. The fourth-order valence-electron chi connectivity index (χ4n) is 3.95. The van der Waals surface area contributed by atoms with E-state index in [0.717, 1.165) is 44.1 Å². The molecule has 0 aromatic heterocycles. The molecule has 1 aliphatic heterocycles. The molecule has 1 aromatic rings. The molecule has 0 spiro atoms. The van der Waals surface area contributed by atoms with Crippen molar-refractivity contribution < 1.29 is 9.53 Å². The Bertz CT molecular complexity index is 697. The zero-order chi connectivity index (χ0) is 19.9. The van der Waals surface area contributed by atoms with Gasteiger partial charge < -0.3 is 20.3 Å². The van der Waals surface area contributed by atoms with Gasteiger partial charge in [0.2, 0.25) is 5.91 Å². The molecule has 1 amide bonds. The number of aliphatic imine (C=N–C) groups is 1. The van der Waals surface area contributed by atoms with E-state index in [9.17, 15) is 4.79 Å². The van der Waals surface area contributed by atoms with Gasteiger partial charge in [0.1, 0.15) is 11.9 Å². The molecule has 1 aliphatic carbocycles. The van der Waals surface area contributed by atoms with E-state index in [1.807, 2.05) is 30.0 Å². The normalized spacial score (nSPS) is 20.9.